The molecule has 0 saturated heterocycles. The minimum absolute atomic E-state index is 1.05. The Balaban J connectivity index is 2.82. The van der Waals surface area contributed by atoms with Crippen LogP contribution in [-0.2, 0) is 0 Å². The fourth-order valence-corrected chi connectivity index (χ4v) is 0.871. The maximum atomic E-state index is 3.01. The summed E-state index contributed by atoms with van der Waals surface area (Å²) in [6, 6.07) is 0. The van der Waals surface area contributed by atoms with Gasteiger partial charge in [0.15, 0.2) is 0 Å². The Morgan fingerprint density at radius 3 is 2.86 bits per heavy atom. The minimum atomic E-state index is 1.05. The average Bonchev–Trinajstić information content (AvgIpc) is 1.69. The second kappa shape index (κ2) is 2.34. The van der Waals surface area contributed by atoms with E-state index in [9.17, 15) is 0 Å². The molecule has 0 N–H and O–H groups in total. The highest BCUT2D eigenvalue weighted by atomic mass is 127. The standard InChI is InChI=1S/C6H5I/c7-6-4-2-1-3-5-6/h1,4-5H,2H2. The molecular weight excluding hydrogens is 199 g/mol. The van der Waals surface area contributed by atoms with Crippen LogP contribution in [0, 0.1) is 0 Å². The fraction of sp³-hybridized carbons (Fsp3) is 0.167. The molecule has 0 aromatic heterocycles. The highest BCUT2D eigenvalue weighted by Gasteiger charge is 1.82. The van der Waals surface area contributed by atoms with E-state index in [2.05, 4.69) is 34.4 Å². The third-order valence-electron chi connectivity index (χ3n) is 0.770. The summed E-state index contributed by atoms with van der Waals surface area (Å²) in [7, 11) is 0. The predicted octanol–water partition coefficient (Wildman–Crippen LogP) is 2.42. The Morgan fingerprint density at radius 1 is 1.71 bits per heavy atom. The Morgan fingerprint density at radius 2 is 2.57 bits per heavy atom. The lowest BCUT2D eigenvalue weighted by Crippen LogP contribution is -1.65. The monoisotopic (exact) mass is 204 g/mol. The SMILES string of the molecule is IC1=CCC=C=C1. The van der Waals surface area contributed by atoms with Gasteiger partial charge in [-0.15, -0.1) is 5.73 Å². The van der Waals surface area contributed by atoms with E-state index < -0.39 is 0 Å². The molecule has 1 aliphatic carbocycles. The molecule has 0 nitrogen and oxygen atoms in total. The molecule has 36 valence electrons. The van der Waals surface area contributed by atoms with Crippen molar-refractivity contribution in [3.63, 3.8) is 0 Å². The topological polar surface area (TPSA) is 0 Å². The third kappa shape index (κ3) is 1.49. The number of allylic oxidation sites excluding steroid dienone is 3. The molecule has 0 atom stereocenters. The maximum absolute atomic E-state index is 3.01. The van der Waals surface area contributed by atoms with Gasteiger partial charge in [-0.05, 0) is 41.2 Å². The van der Waals surface area contributed by atoms with Crippen molar-refractivity contribution in [2.24, 2.45) is 0 Å². The van der Waals surface area contributed by atoms with E-state index in [-0.39, 0.29) is 0 Å². The van der Waals surface area contributed by atoms with Crippen LogP contribution in [0.25, 0.3) is 0 Å². The van der Waals surface area contributed by atoms with Crippen LogP contribution in [0.1, 0.15) is 6.42 Å². The normalized spacial score (nSPS) is 17.0. The molecule has 0 heterocycles. The van der Waals surface area contributed by atoms with Crippen molar-refractivity contribution < 1.29 is 0 Å². The first kappa shape index (κ1) is 5.13. The average molecular weight is 204 g/mol. The largest absolute Gasteiger partial charge is 0.124 e. The van der Waals surface area contributed by atoms with Crippen LogP contribution in [0.2, 0.25) is 0 Å². The van der Waals surface area contributed by atoms with Crippen molar-refractivity contribution in [1.82, 2.24) is 0 Å². The van der Waals surface area contributed by atoms with Gasteiger partial charge >= 0.3 is 0 Å². The first-order chi connectivity index (χ1) is 3.39. The van der Waals surface area contributed by atoms with Gasteiger partial charge in [0.05, 0.1) is 0 Å². The molecule has 0 radical (unpaired) electrons. The first-order valence-electron chi connectivity index (χ1n) is 2.16. The molecule has 0 saturated carbocycles. The summed E-state index contributed by atoms with van der Waals surface area (Å²) in [4.78, 5) is 0. The highest BCUT2D eigenvalue weighted by molar-refractivity contribution is 14.1. The van der Waals surface area contributed by atoms with Crippen LogP contribution < -0.4 is 0 Å². The third-order valence-corrected chi connectivity index (χ3v) is 1.52. The van der Waals surface area contributed by atoms with Gasteiger partial charge in [0, 0.05) is 3.58 Å². The molecular formula is C6H5I. The summed E-state index contributed by atoms with van der Waals surface area (Å²) in [5, 5.41) is 0. The molecule has 0 aliphatic heterocycles. The number of rotatable bonds is 0. The molecule has 0 bridgehead atoms. The van der Waals surface area contributed by atoms with Gasteiger partial charge in [-0.1, -0.05) is 6.08 Å². The Kier molecular flexibility index (Phi) is 1.71. The molecule has 1 aliphatic rings. The summed E-state index contributed by atoms with van der Waals surface area (Å²) in [6.45, 7) is 0. The molecule has 1 rings (SSSR count). The van der Waals surface area contributed by atoms with Crippen molar-refractivity contribution in [3.05, 3.63) is 27.5 Å². The van der Waals surface area contributed by atoms with Gasteiger partial charge in [-0.2, -0.15) is 0 Å². The van der Waals surface area contributed by atoms with E-state index in [1.807, 2.05) is 12.2 Å². The molecule has 0 unspecified atom stereocenters. The van der Waals surface area contributed by atoms with Crippen LogP contribution in [0.5, 0.6) is 0 Å². The van der Waals surface area contributed by atoms with Gasteiger partial charge in [0.25, 0.3) is 0 Å². The lowest BCUT2D eigenvalue weighted by atomic mass is 10.3. The van der Waals surface area contributed by atoms with Crippen LogP contribution in [-0.4, -0.2) is 0 Å². The van der Waals surface area contributed by atoms with Crippen molar-refractivity contribution in [2.75, 3.05) is 0 Å². The summed E-state index contributed by atoms with van der Waals surface area (Å²) >= 11 is 2.28. The smallest absolute Gasteiger partial charge is 0.0170 e. The lowest BCUT2D eigenvalue weighted by molar-refractivity contribution is 1.38. The Bertz CT molecular complexity index is 148. The van der Waals surface area contributed by atoms with Crippen molar-refractivity contribution in [1.29, 1.82) is 0 Å². The quantitative estimate of drug-likeness (QED) is 0.419. The van der Waals surface area contributed by atoms with Gasteiger partial charge in [-0.25, -0.2) is 0 Å². The zero-order valence-corrected chi connectivity index (χ0v) is 5.97. The number of hydrogen-bond donors (Lipinski definition) is 0. The van der Waals surface area contributed by atoms with E-state index in [4.69, 9.17) is 0 Å². The second-order valence-electron chi connectivity index (χ2n) is 1.34. The minimum Gasteiger partial charge on any atom is -0.124 e. The van der Waals surface area contributed by atoms with Gasteiger partial charge in [-0.3, -0.25) is 0 Å². The lowest BCUT2D eigenvalue weighted by Gasteiger charge is -1.87. The van der Waals surface area contributed by atoms with Gasteiger partial charge in [0.2, 0.25) is 0 Å². The second-order valence-corrected chi connectivity index (χ2v) is 2.59. The molecule has 1 heteroatoms. The zero-order valence-electron chi connectivity index (χ0n) is 3.82. The molecule has 0 fully saturated rings. The van der Waals surface area contributed by atoms with Gasteiger partial charge in [0.1, 0.15) is 0 Å². The number of halogens is 1. The summed E-state index contributed by atoms with van der Waals surface area (Å²) in [5.74, 6) is 0. The van der Waals surface area contributed by atoms with Crippen LogP contribution in [0.4, 0.5) is 0 Å². The van der Waals surface area contributed by atoms with Crippen molar-refractivity contribution in [3.8, 4) is 0 Å². The Labute approximate surface area is 56.8 Å². The van der Waals surface area contributed by atoms with E-state index >= 15 is 0 Å². The van der Waals surface area contributed by atoms with Gasteiger partial charge < -0.3 is 0 Å². The predicted molar refractivity (Wildman–Crippen MR) is 39.4 cm³/mol. The summed E-state index contributed by atoms with van der Waals surface area (Å²) in [5.41, 5.74) is 3.01. The summed E-state index contributed by atoms with van der Waals surface area (Å²) < 4.78 is 1.29. The number of hydrogen-bond acceptors (Lipinski definition) is 0. The van der Waals surface area contributed by atoms with Crippen LogP contribution >= 0.6 is 22.6 Å². The maximum Gasteiger partial charge on any atom is 0.0170 e. The molecule has 7 heavy (non-hydrogen) atoms. The van der Waals surface area contributed by atoms with Crippen LogP contribution in [0.15, 0.2) is 27.5 Å². The first-order valence-corrected chi connectivity index (χ1v) is 3.24. The highest BCUT2D eigenvalue weighted by Crippen LogP contribution is 2.10. The van der Waals surface area contributed by atoms with Crippen molar-refractivity contribution in [2.45, 2.75) is 6.42 Å². The molecule has 0 spiro atoms. The Hall–Kier alpha value is -0.0100. The molecule has 0 aromatic rings. The van der Waals surface area contributed by atoms with E-state index in [0.29, 0.717) is 0 Å². The summed E-state index contributed by atoms with van der Waals surface area (Å²) in [6.07, 6.45) is 7.21. The zero-order chi connectivity index (χ0) is 5.11. The van der Waals surface area contributed by atoms with E-state index in [0.717, 1.165) is 6.42 Å². The van der Waals surface area contributed by atoms with E-state index in [1.165, 1.54) is 3.58 Å². The molecule has 0 aromatic carbocycles. The van der Waals surface area contributed by atoms with E-state index in [1.54, 1.807) is 0 Å². The fourth-order valence-electron chi connectivity index (χ4n) is 0.437. The van der Waals surface area contributed by atoms with Crippen LogP contribution in [0.3, 0.4) is 0 Å². The molecule has 0 amide bonds. The van der Waals surface area contributed by atoms with Crippen molar-refractivity contribution >= 4 is 22.6 Å².